The fourth-order valence-corrected chi connectivity index (χ4v) is 1.77. The summed E-state index contributed by atoms with van der Waals surface area (Å²) in [5, 5.41) is 2.64. The zero-order chi connectivity index (χ0) is 13.0. The number of hydrogen-bond donors (Lipinski definition) is 1. The molecule has 0 aliphatic rings. The summed E-state index contributed by atoms with van der Waals surface area (Å²) in [6, 6.07) is 6.57. The lowest BCUT2D eigenvalue weighted by atomic mass is 10.0. The van der Waals surface area contributed by atoms with E-state index in [1.807, 2.05) is 13.8 Å². The topological polar surface area (TPSA) is 46.2 Å². The molecule has 4 heteroatoms. The van der Waals surface area contributed by atoms with E-state index in [9.17, 15) is 9.59 Å². The summed E-state index contributed by atoms with van der Waals surface area (Å²) in [7, 11) is 0. The van der Waals surface area contributed by atoms with E-state index in [1.165, 1.54) is 6.92 Å². The van der Waals surface area contributed by atoms with Gasteiger partial charge in [-0.2, -0.15) is 0 Å². The summed E-state index contributed by atoms with van der Waals surface area (Å²) in [5.74, 6) is 0.123. The van der Waals surface area contributed by atoms with E-state index >= 15 is 0 Å². The Labute approximate surface area is 106 Å². The van der Waals surface area contributed by atoms with Crippen molar-refractivity contribution < 1.29 is 9.59 Å². The van der Waals surface area contributed by atoms with Crippen molar-refractivity contribution in [2.75, 3.05) is 5.32 Å². The molecule has 1 atom stereocenters. The van der Waals surface area contributed by atoms with Gasteiger partial charge in [0.1, 0.15) is 6.04 Å². The number of carbonyl (C=O) groups excluding carboxylic acids is 2. The van der Waals surface area contributed by atoms with Crippen LogP contribution in [0, 0.1) is 5.92 Å². The summed E-state index contributed by atoms with van der Waals surface area (Å²) in [5.41, 5.74) is 1.43. The quantitative estimate of drug-likeness (QED) is 0.648. The van der Waals surface area contributed by atoms with Crippen LogP contribution in [0.2, 0.25) is 0 Å². The van der Waals surface area contributed by atoms with Gasteiger partial charge >= 0.3 is 0 Å². The molecule has 0 heterocycles. The van der Waals surface area contributed by atoms with Crippen LogP contribution in [-0.2, 0) is 4.79 Å². The summed E-state index contributed by atoms with van der Waals surface area (Å²) in [4.78, 5) is 22.3. The maximum Gasteiger partial charge on any atom is 0.244 e. The molecule has 1 aromatic rings. The smallest absolute Gasteiger partial charge is 0.244 e. The number of carbonyl (C=O) groups is 2. The van der Waals surface area contributed by atoms with Crippen LogP contribution in [0.1, 0.15) is 31.1 Å². The largest absolute Gasteiger partial charge is 0.374 e. The fraction of sp³-hybridized carbons (Fsp3) is 0.385. The van der Waals surface area contributed by atoms with Crippen molar-refractivity contribution in [2.45, 2.75) is 26.8 Å². The van der Waals surface area contributed by atoms with E-state index in [0.29, 0.717) is 5.56 Å². The molecule has 0 radical (unpaired) electrons. The molecule has 0 saturated carbocycles. The minimum absolute atomic E-state index is 0.0189. The maximum atomic E-state index is 11.2. The normalized spacial score (nSPS) is 12.3. The van der Waals surface area contributed by atoms with Gasteiger partial charge in [0.25, 0.3) is 0 Å². The molecule has 1 N–H and O–H groups in total. The molecule has 17 heavy (non-hydrogen) atoms. The van der Waals surface area contributed by atoms with Crippen LogP contribution in [0.3, 0.4) is 0 Å². The minimum Gasteiger partial charge on any atom is -0.374 e. The molecule has 0 aliphatic heterocycles. The van der Waals surface area contributed by atoms with Gasteiger partial charge in [-0.3, -0.25) is 9.59 Å². The molecule has 0 aromatic heterocycles. The molecule has 1 rings (SSSR count). The molecular weight excluding hydrogens is 238 g/mol. The Bertz CT molecular complexity index is 412. The van der Waals surface area contributed by atoms with E-state index in [4.69, 9.17) is 11.6 Å². The predicted octanol–water partition coefficient (Wildman–Crippen LogP) is 3.09. The van der Waals surface area contributed by atoms with Crippen LogP contribution in [0.4, 0.5) is 5.69 Å². The van der Waals surface area contributed by atoms with Crippen molar-refractivity contribution in [1.82, 2.24) is 0 Å². The molecule has 0 saturated heterocycles. The van der Waals surface area contributed by atoms with Gasteiger partial charge in [0, 0.05) is 11.3 Å². The van der Waals surface area contributed by atoms with Crippen molar-refractivity contribution >= 4 is 28.3 Å². The summed E-state index contributed by atoms with van der Waals surface area (Å²) in [6.45, 7) is 5.35. The number of rotatable bonds is 5. The standard InChI is InChI=1S/C13H16ClNO2/c1-8(2)12(13(14)17)15-11-6-4-10(5-7-11)9(3)16/h4-8,12,15H,1-3H3. The lowest BCUT2D eigenvalue weighted by Crippen LogP contribution is -2.31. The minimum atomic E-state index is -0.417. The second-order valence-corrected chi connectivity index (χ2v) is 4.68. The summed E-state index contributed by atoms with van der Waals surface area (Å²) in [6.07, 6.45) is 0. The zero-order valence-corrected chi connectivity index (χ0v) is 10.9. The van der Waals surface area contributed by atoms with Crippen molar-refractivity contribution in [2.24, 2.45) is 5.92 Å². The average Bonchev–Trinajstić information content (AvgIpc) is 2.25. The highest BCUT2D eigenvalue weighted by molar-refractivity contribution is 6.65. The lowest BCUT2D eigenvalue weighted by Gasteiger charge is -2.19. The number of ketones is 1. The van der Waals surface area contributed by atoms with Gasteiger partial charge in [-0.1, -0.05) is 13.8 Å². The molecular formula is C13H16ClNO2. The van der Waals surface area contributed by atoms with Gasteiger partial charge in [0.05, 0.1) is 0 Å². The van der Waals surface area contributed by atoms with Crippen molar-refractivity contribution in [1.29, 1.82) is 0 Å². The van der Waals surface area contributed by atoms with Gasteiger partial charge in [-0.05, 0) is 48.7 Å². The zero-order valence-electron chi connectivity index (χ0n) is 10.2. The second kappa shape index (κ2) is 5.82. The van der Waals surface area contributed by atoms with Crippen molar-refractivity contribution in [3.63, 3.8) is 0 Å². The molecule has 0 aliphatic carbocycles. The predicted molar refractivity (Wildman–Crippen MR) is 69.6 cm³/mol. The Morgan fingerprint density at radius 3 is 2.06 bits per heavy atom. The first-order chi connectivity index (χ1) is 7.91. The van der Waals surface area contributed by atoms with Crippen LogP contribution in [-0.4, -0.2) is 17.1 Å². The first-order valence-corrected chi connectivity index (χ1v) is 5.86. The molecule has 0 fully saturated rings. The van der Waals surface area contributed by atoms with Crippen LogP contribution >= 0.6 is 11.6 Å². The highest BCUT2D eigenvalue weighted by Crippen LogP contribution is 2.16. The van der Waals surface area contributed by atoms with E-state index < -0.39 is 11.3 Å². The summed E-state index contributed by atoms with van der Waals surface area (Å²) >= 11 is 5.51. The number of hydrogen-bond acceptors (Lipinski definition) is 3. The Kier molecular flexibility index (Phi) is 4.70. The van der Waals surface area contributed by atoms with Crippen molar-refractivity contribution in [3.8, 4) is 0 Å². The monoisotopic (exact) mass is 253 g/mol. The van der Waals surface area contributed by atoms with Crippen LogP contribution in [0.15, 0.2) is 24.3 Å². The SMILES string of the molecule is CC(=O)c1ccc(NC(C(=O)Cl)C(C)C)cc1. The third kappa shape index (κ3) is 3.86. The number of nitrogens with one attached hydrogen (secondary N) is 1. The Morgan fingerprint density at radius 2 is 1.71 bits per heavy atom. The van der Waals surface area contributed by atoms with E-state index in [-0.39, 0.29) is 11.7 Å². The van der Waals surface area contributed by atoms with Gasteiger partial charge in [-0.15, -0.1) is 0 Å². The lowest BCUT2D eigenvalue weighted by molar-refractivity contribution is -0.113. The van der Waals surface area contributed by atoms with Gasteiger partial charge in [0.15, 0.2) is 5.78 Å². The van der Waals surface area contributed by atoms with Crippen LogP contribution in [0.5, 0.6) is 0 Å². The molecule has 92 valence electrons. The third-order valence-corrected chi connectivity index (χ3v) is 2.76. The molecule has 0 bridgehead atoms. The number of halogens is 1. The molecule has 3 nitrogen and oxygen atoms in total. The first-order valence-electron chi connectivity index (χ1n) is 5.48. The number of Topliss-reactive ketones (excluding diaryl/α,β-unsaturated/α-hetero) is 1. The van der Waals surface area contributed by atoms with Crippen molar-refractivity contribution in [3.05, 3.63) is 29.8 Å². The molecule has 0 amide bonds. The Hall–Kier alpha value is -1.35. The molecule has 1 aromatic carbocycles. The van der Waals surface area contributed by atoms with E-state index in [2.05, 4.69) is 5.32 Å². The van der Waals surface area contributed by atoms with Gasteiger partial charge in [-0.25, -0.2) is 0 Å². The molecule has 0 spiro atoms. The fourth-order valence-electron chi connectivity index (χ4n) is 1.47. The Morgan fingerprint density at radius 1 is 1.18 bits per heavy atom. The Balaban J connectivity index is 2.80. The highest BCUT2D eigenvalue weighted by atomic mass is 35.5. The van der Waals surface area contributed by atoms with Gasteiger partial charge < -0.3 is 5.32 Å². The average molecular weight is 254 g/mol. The van der Waals surface area contributed by atoms with E-state index in [1.54, 1.807) is 24.3 Å². The number of anilines is 1. The third-order valence-electron chi connectivity index (χ3n) is 2.52. The highest BCUT2D eigenvalue weighted by Gasteiger charge is 2.19. The van der Waals surface area contributed by atoms with E-state index in [0.717, 1.165) is 5.69 Å². The number of benzene rings is 1. The van der Waals surface area contributed by atoms with Crippen LogP contribution < -0.4 is 5.32 Å². The maximum absolute atomic E-state index is 11.2. The second-order valence-electron chi connectivity index (χ2n) is 4.30. The van der Waals surface area contributed by atoms with Crippen LogP contribution in [0.25, 0.3) is 0 Å². The summed E-state index contributed by atoms with van der Waals surface area (Å²) < 4.78 is 0. The van der Waals surface area contributed by atoms with Gasteiger partial charge in [0.2, 0.25) is 5.24 Å². The first kappa shape index (κ1) is 13.7. The molecule has 1 unspecified atom stereocenters.